The van der Waals surface area contributed by atoms with Crippen LogP contribution < -0.4 is 0 Å². The highest BCUT2D eigenvalue weighted by Gasteiger charge is 2.47. The fourth-order valence-corrected chi connectivity index (χ4v) is 3.97. The number of fused-ring (bicyclic) bond motifs is 1. The molecule has 0 bridgehead atoms. The van der Waals surface area contributed by atoms with E-state index in [2.05, 4.69) is 27.3 Å². The van der Waals surface area contributed by atoms with Gasteiger partial charge in [0.1, 0.15) is 6.10 Å². The van der Waals surface area contributed by atoms with Crippen molar-refractivity contribution in [3.63, 3.8) is 0 Å². The topological polar surface area (TPSA) is 71.1 Å². The Labute approximate surface area is 151 Å². The molecule has 1 amide bonds. The first-order valence-corrected chi connectivity index (χ1v) is 9.04. The van der Waals surface area contributed by atoms with E-state index in [1.54, 1.807) is 6.20 Å². The average molecular weight is 348 g/mol. The van der Waals surface area contributed by atoms with Crippen LogP contribution in [0.25, 0.3) is 10.9 Å². The van der Waals surface area contributed by atoms with Gasteiger partial charge in [-0.2, -0.15) is 5.10 Å². The molecule has 3 aromatic rings. The minimum atomic E-state index is -0.117. The van der Waals surface area contributed by atoms with Gasteiger partial charge in [0.05, 0.1) is 24.4 Å². The Balaban J connectivity index is 1.33. The van der Waals surface area contributed by atoms with Crippen molar-refractivity contribution in [2.45, 2.75) is 18.4 Å². The molecule has 132 valence electrons. The van der Waals surface area contributed by atoms with Crippen molar-refractivity contribution in [3.05, 3.63) is 60.0 Å². The fraction of sp³-hybridized carbons (Fsp3) is 0.350. The van der Waals surface area contributed by atoms with E-state index in [4.69, 9.17) is 4.74 Å². The molecule has 0 radical (unpaired) electrons. The summed E-state index contributed by atoms with van der Waals surface area (Å²) in [5.74, 6) is 0.605. The van der Waals surface area contributed by atoms with Gasteiger partial charge in [-0.3, -0.25) is 14.9 Å². The molecule has 1 saturated heterocycles. The first kappa shape index (κ1) is 15.5. The maximum atomic E-state index is 13.0. The van der Waals surface area contributed by atoms with Gasteiger partial charge in [0.25, 0.3) is 0 Å². The molecule has 2 aliphatic rings. The van der Waals surface area contributed by atoms with Gasteiger partial charge in [-0.05, 0) is 36.1 Å². The number of rotatable bonds is 3. The van der Waals surface area contributed by atoms with Gasteiger partial charge in [-0.15, -0.1) is 0 Å². The molecule has 2 fully saturated rings. The summed E-state index contributed by atoms with van der Waals surface area (Å²) in [5.41, 5.74) is 3.16. The number of hydrogen-bond acceptors (Lipinski definition) is 4. The molecule has 3 atom stereocenters. The number of H-pyrrole nitrogens is 1. The first-order valence-electron chi connectivity index (χ1n) is 9.04. The molecule has 1 N–H and O–H groups in total. The lowest BCUT2D eigenvalue weighted by atomic mass is 10.0. The van der Waals surface area contributed by atoms with Gasteiger partial charge in [0, 0.05) is 30.2 Å². The summed E-state index contributed by atoms with van der Waals surface area (Å²) in [6, 6.07) is 12.1. The summed E-state index contributed by atoms with van der Waals surface area (Å²) in [6.07, 6.45) is 4.36. The number of para-hydroxylation sites is 1. The molecule has 5 rings (SSSR count). The molecule has 2 aromatic heterocycles. The van der Waals surface area contributed by atoms with E-state index in [-0.39, 0.29) is 17.9 Å². The molecule has 3 heterocycles. The van der Waals surface area contributed by atoms with Crippen molar-refractivity contribution in [1.29, 1.82) is 0 Å². The third kappa shape index (κ3) is 2.66. The highest BCUT2D eigenvalue weighted by molar-refractivity contribution is 5.87. The van der Waals surface area contributed by atoms with Crippen molar-refractivity contribution < 1.29 is 9.53 Å². The van der Waals surface area contributed by atoms with E-state index < -0.39 is 0 Å². The average Bonchev–Trinajstić information content (AvgIpc) is 3.30. The Bertz CT molecular complexity index is 935. The number of nitrogens with one attached hydrogen (secondary N) is 1. The van der Waals surface area contributed by atoms with Crippen LogP contribution in [0.2, 0.25) is 0 Å². The van der Waals surface area contributed by atoms with Crippen LogP contribution in [0, 0.1) is 5.92 Å². The molecule has 1 aliphatic carbocycles. The van der Waals surface area contributed by atoms with Crippen LogP contribution in [-0.2, 0) is 9.53 Å². The Hall–Kier alpha value is -2.73. The van der Waals surface area contributed by atoms with E-state index in [0.717, 1.165) is 23.0 Å². The fourth-order valence-electron chi connectivity index (χ4n) is 3.97. The van der Waals surface area contributed by atoms with E-state index in [1.165, 1.54) is 5.56 Å². The molecule has 1 aliphatic heterocycles. The van der Waals surface area contributed by atoms with E-state index >= 15 is 0 Å². The molecule has 6 nitrogen and oxygen atoms in total. The number of aromatic nitrogens is 3. The zero-order chi connectivity index (χ0) is 17.5. The van der Waals surface area contributed by atoms with Crippen molar-refractivity contribution in [3.8, 4) is 0 Å². The maximum Gasteiger partial charge on any atom is 0.226 e. The minimum Gasteiger partial charge on any atom is -0.368 e. The van der Waals surface area contributed by atoms with E-state index in [1.807, 2.05) is 35.4 Å². The number of carbonyl (C=O) groups excluding carboxylic acids is 1. The highest BCUT2D eigenvalue weighted by Crippen LogP contribution is 2.50. The third-order valence-corrected chi connectivity index (χ3v) is 5.44. The van der Waals surface area contributed by atoms with Crippen LogP contribution in [0.5, 0.6) is 0 Å². The van der Waals surface area contributed by atoms with Crippen molar-refractivity contribution in [2.24, 2.45) is 5.92 Å². The van der Waals surface area contributed by atoms with Gasteiger partial charge in [-0.1, -0.05) is 18.2 Å². The Morgan fingerprint density at radius 1 is 1.19 bits per heavy atom. The minimum absolute atomic E-state index is 0.0707. The molecular formula is C20H20N4O2. The molecule has 1 saturated carbocycles. The third-order valence-electron chi connectivity index (χ3n) is 5.44. The predicted octanol–water partition coefficient (Wildman–Crippen LogP) is 2.66. The van der Waals surface area contributed by atoms with Gasteiger partial charge < -0.3 is 9.64 Å². The quantitative estimate of drug-likeness (QED) is 0.790. The SMILES string of the molecule is O=C([C@@H]1C[C@H]1c1ccnc2ccccc12)N1CCOC(c2ccn[nH]2)C1. The lowest BCUT2D eigenvalue weighted by Crippen LogP contribution is -2.43. The standard InChI is InChI=1S/C20H20N4O2/c25-20(24-9-10-26-19(12-24)18-6-8-22-23-18)16-11-15(16)13-5-7-21-17-4-2-1-3-14(13)17/h1-8,15-16,19H,9-12H2,(H,22,23)/t15-,16+,19?/m0/s1. The van der Waals surface area contributed by atoms with Crippen molar-refractivity contribution in [2.75, 3.05) is 19.7 Å². The lowest BCUT2D eigenvalue weighted by molar-refractivity contribution is -0.140. The number of amides is 1. The number of carbonyl (C=O) groups is 1. The van der Waals surface area contributed by atoms with Gasteiger partial charge in [-0.25, -0.2) is 0 Å². The van der Waals surface area contributed by atoms with E-state index in [9.17, 15) is 4.79 Å². The summed E-state index contributed by atoms with van der Waals surface area (Å²) < 4.78 is 5.80. The second kappa shape index (κ2) is 6.21. The number of benzene rings is 1. The van der Waals surface area contributed by atoms with Crippen LogP contribution in [-0.4, -0.2) is 45.7 Å². The lowest BCUT2D eigenvalue weighted by Gasteiger charge is -2.32. The summed E-state index contributed by atoms with van der Waals surface area (Å²) in [6.45, 7) is 1.80. The molecular weight excluding hydrogens is 328 g/mol. The summed E-state index contributed by atoms with van der Waals surface area (Å²) in [5, 5.41) is 8.09. The summed E-state index contributed by atoms with van der Waals surface area (Å²) in [7, 11) is 0. The predicted molar refractivity (Wildman–Crippen MR) is 96.5 cm³/mol. The van der Waals surface area contributed by atoms with Crippen LogP contribution in [0.3, 0.4) is 0 Å². The summed E-state index contributed by atoms with van der Waals surface area (Å²) in [4.78, 5) is 19.4. The van der Waals surface area contributed by atoms with Crippen LogP contribution in [0.15, 0.2) is 48.8 Å². The van der Waals surface area contributed by atoms with Gasteiger partial charge in [0.15, 0.2) is 0 Å². The number of ether oxygens (including phenoxy) is 1. The molecule has 1 unspecified atom stereocenters. The first-order chi connectivity index (χ1) is 12.8. The zero-order valence-corrected chi connectivity index (χ0v) is 14.3. The summed E-state index contributed by atoms with van der Waals surface area (Å²) >= 11 is 0. The molecule has 0 spiro atoms. The largest absolute Gasteiger partial charge is 0.368 e. The van der Waals surface area contributed by atoms with Crippen LogP contribution >= 0.6 is 0 Å². The van der Waals surface area contributed by atoms with Crippen molar-refractivity contribution >= 4 is 16.8 Å². The van der Waals surface area contributed by atoms with Gasteiger partial charge in [0.2, 0.25) is 5.91 Å². The Morgan fingerprint density at radius 3 is 3.00 bits per heavy atom. The zero-order valence-electron chi connectivity index (χ0n) is 14.3. The van der Waals surface area contributed by atoms with Crippen molar-refractivity contribution in [1.82, 2.24) is 20.1 Å². The Kier molecular flexibility index (Phi) is 3.71. The van der Waals surface area contributed by atoms with Crippen LogP contribution in [0.4, 0.5) is 0 Å². The normalized spacial score (nSPS) is 25.4. The molecule has 6 heteroatoms. The van der Waals surface area contributed by atoms with E-state index in [0.29, 0.717) is 25.6 Å². The number of aromatic amines is 1. The molecule has 1 aromatic carbocycles. The second-order valence-electron chi connectivity index (χ2n) is 7.02. The van der Waals surface area contributed by atoms with Gasteiger partial charge >= 0.3 is 0 Å². The monoisotopic (exact) mass is 348 g/mol. The Morgan fingerprint density at radius 2 is 2.12 bits per heavy atom. The number of pyridine rings is 1. The highest BCUT2D eigenvalue weighted by atomic mass is 16.5. The maximum absolute atomic E-state index is 13.0. The second-order valence-corrected chi connectivity index (χ2v) is 7.02. The number of nitrogens with zero attached hydrogens (tertiary/aromatic N) is 3. The smallest absolute Gasteiger partial charge is 0.226 e. The van der Waals surface area contributed by atoms with Crippen LogP contribution in [0.1, 0.15) is 29.7 Å². The number of hydrogen-bond donors (Lipinski definition) is 1. The molecule has 26 heavy (non-hydrogen) atoms. The number of morpholine rings is 1.